The van der Waals surface area contributed by atoms with Crippen LogP contribution in [0.5, 0.6) is 5.75 Å². The zero-order valence-electron chi connectivity index (χ0n) is 10.9. The minimum atomic E-state index is -0.919. The summed E-state index contributed by atoms with van der Waals surface area (Å²) in [5.74, 6) is -0.229. The topological polar surface area (TPSA) is 49.8 Å². The molecule has 0 radical (unpaired) electrons. The second kappa shape index (κ2) is 6.95. The number of aromatic carboxylic acids is 1. The Labute approximate surface area is 113 Å². The largest absolute Gasteiger partial charge is 0.490 e. The summed E-state index contributed by atoms with van der Waals surface area (Å²) in [5.41, 5.74) is 0.275. The van der Waals surface area contributed by atoms with Gasteiger partial charge in [0, 0.05) is 6.54 Å². The van der Waals surface area contributed by atoms with Gasteiger partial charge in [-0.25, -0.2) is 4.79 Å². The van der Waals surface area contributed by atoms with E-state index in [4.69, 9.17) is 9.84 Å². The van der Waals surface area contributed by atoms with Crippen molar-refractivity contribution in [3.05, 3.63) is 42.0 Å². The average Bonchev–Trinajstić information content (AvgIpc) is 2.92. The number of hydrogen-bond donors (Lipinski definition) is 1. The van der Waals surface area contributed by atoms with Crippen molar-refractivity contribution < 1.29 is 14.6 Å². The Morgan fingerprint density at radius 3 is 2.53 bits per heavy atom. The number of carboxylic acid groups (broad SMARTS) is 1. The smallest absolute Gasteiger partial charge is 0.335 e. The lowest BCUT2D eigenvalue weighted by Gasteiger charge is -2.10. The highest BCUT2D eigenvalue weighted by atomic mass is 16.5. The van der Waals surface area contributed by atoms with E-state index in [1.165, 1.54) is 25.9 Å². The van der Waals surface area contributed by atoms with Crippen molar-refractivity contribution in [1.82, 2.24) is 4.90 Å². The lowest BCUT2D eigenvalue weighted by Crippen LogP contribution is -2.18. The molecule has 1 aliphatic heterocycles. The second-order valence-electron chi connectivity index (χ2n) is 4.62. The highest BCUT2D eigenvalue weighted by Crippen LogP contribution is 2.12. The van der Waals surface area contributed by atoms with E-state index < -0.39 is 5.97 Å². The predicted molar refractivity (Wildman–Crippen MR) is 73.7 cm³/mol. The number of carboxylic acids is 1. The minimum absolute atomic E-state index is 0.275. The van der Waals surface area contributed by atoms with Crippen LogP contribution in [0.3, 0.4) is 0 Å². The number of likely N-dealkylation sites (tertiary alicyclic amines) is 1. The van der Waals surface area contributed by atoms with E-state index in [1.807, 2.05) is 6.08 Å². The van der Waals surface area contributed by atoms with Crippen LogP contribution in [0.25, 0.3) is 0 Å². The molecule has 19 heavy (non-hydrogen) atoms. The van der Waals surface area contributed by atoms with Crippen molar-refractivity contribution in [2.45, 2.75) is 12.8 Å². The summed E-state index contributed by atoms with van der Waals surface area (Å²) in [7, 11) is 0. The quantitative estimate of drug-likeness (QED) is 0.799. The van der Waals surface area contributed by atoms with Crippen molar-refractivity contribution in [2.75, 3.05) is 26.2 Å². The number of benzene rings is 1. The average molecular weight is 261 g/mol. The summed E-state index contributed by atoms with van der Waals surface area (Å²) in [5, 5.41) is 8.77. The first kappa shape index (κ1) is 13.6. The van der Waals surface area contributed by atoms with Gasteiger partial charge in [0.15, 0.2) is 0 Å². The first-order valence-corrected chi connectivity index (χ1v) is 6.59. The highest BCUT2D eigenvalue weighted by Gasteiger charge is 2.08. The van der Waals surface area contributed by atoms with Crippen LogP contribution in [0.15, 0.2) is 36.4 Å². The molecular formula is C15H19NO3. The monoisotopic (exact) mass is 261 g/mol. The molecule has 1 aliphatic rings. The predicted octanol–water partition coefficient (Wildman–Crippen LogP) is 2.42. The molecular weight excluding hydrogens is 242 g/mol. The molecule has 1 aromatic carbocycles. The van der Waals surface area contributed by atoms with Gasteiger partial charge < -0.3 is 9.84 Å². The molecule has 102 valence electrons. The van der Waals surface area contributed by atoms with Crippen LogP contribution in [-0.4, -0.2) is 42.2 Å². The standard InChI is InChI=1S/C15H19NO3/c17-15(18)13-5-7-14(8-6-13)19-12-4-3-11-16-9-1-2-10-16/h3-8H,1-2,9-12H2,(H,17,18). The fourth-order valence-electron chi connectivity index (χ4n) is 2.09. The fourth-order valence-corrected chi connectivity index (χ4v) is 2.09. The Morgan fingerprint density at radius 2 is 1.89 bits per heavy atom. The van der Waals surface area contributed by atoms with E-state index in [9.17, 15) is 4.79 Å². The normalized spacial score (nSPS) is 16.0. The van der Waals surface area contributed by atoms with Gasteiger partial charge in [-0.1, -0.05) is 12.2 Å². The van der Waals surface area contributed by atoms with E-state index in [-0.39, 0.29) is 5.56 Å². The summed E-state index contributed by atoms with van der Waals surface area (Å²) in [6.45, 7) is 3.89. The van der Waals surface area contributed by atoms with Crippen LogP contribution in [-0.2, 0) is 0 Å². The van der Waals surface area contributed by atoms with Crippen molar-refractivity contribution >= 4 is 5.97 Å². The third-order valence-corrected chi connectivity index (χ3v) is 3.18. The minimum Gasteiger partial charge on any atom is -0.490 e. The lowest BCUT2D eigenvalue weighted by atomic mass is 10.2. The van der Waals surface area contributed by atoms with Crippen molar-refractivity contribution in [3.63, 3.8) is 0 Å². The summed E-state index contributed by atoms with van der Waals surface area (Å²) < 4.78 is 5.51. The Morgan fingerprint density at radius 1 is 1.21 bits per heavy atom. The van der Waals surface area contributed by atoms with Gasteiger partial charge in [0.1, 0.15) is 12.4 Å². The van der Waals surface area contributed by atoms with Crippen LogP contribution in [0, 0.1) is 0 Å². The Bertz CT molecular complexity index is 433. The molecule has 0 saturated carbocycles. The number of carbonyl (C=O) groups is 1. The van der Waals surface area contributed by atoms with Crippen LogP contribution < -0.4 is 4.74 Å². The number of rotatable bonds is 6. The van der Waals surface area contributed by atoms with Gasteiger partial charge in [0.05, 0.1) is 5.56 Å². The number of ether oxygens (including phenoxy) is 1. The van der Waals surface area contributed by atoms with E-state index in [2.05, 4.69) is 11.0 Å². The second-order valence-corrected chi connectivity index (χ2v) is 4.62. The molecule has 0 unspecified atom stereocenters. The van der Waals surface area contributed by atoms with Crippen LogP contribution in [0.2, 0.25) is 0 Å². The van der Waals surface area contributed by atoms with Crippen LogP contribution in [0.1, 0.15) is 23.2 Å². The van der Waals surface area contributed by atoms with Crippen molar-refractivity contribution in [1.29, 1.82) is 0 Å². The fraction of sp³-hybridized carbons (Fsp3) is 0.400. The van der Waals surface area contributed by atoms with Gasteiger partial charge >= 0.3 is 5.97 Å². The molecule has 1 fully saturated rings. The summed E-state index contributed by atoms with van der Waals surface area (Å²) in [6, 6.07) is 6.45. The van der Waals surface area contributed by atoms with Crippen LogP contribution >= 0.6 is 0 Å². The molecule has 0 aromatic heterocycles. The van der Waals surface area contributed by atoms with Crippen molar-refractivity contribution in [2.24, 2.45) is 0 Å². The molecule has 0 aliphatic carbocycles. The molecule has 4 nitrogen and oxygen atoms in total. The Balaban J connectivity index is 1.69. The zero-order chi connectivity index (χ0) is 13.5. The first-order valence-electron chi connectivity index (χ1n) is 6.59. The lowest BCUT2D eigenvalue weighted by molar-refractivity contribution is 0.0697. The van der Waals surface area contributed by atoms with Gasteiger partial charge in [0.2, 0.25) is 0 Å². The Hall–Kier alpha value is -1.81. The first-order chi connectivity index (χ1) is 9.25. The third kappa shape index (κ3) is 4.41. The maximum Gasteiger partial charge on any atom is 0.335 e. The van der Waals surface area contributed by atoms with Gasteiger partial charge in [0.25, 0.3) is 0 Å². The number of hydrogen-bond acceptors (Lipinski definition) is 3. The van der Waals surface area contributed by atoms with E-state index in [0.717, 1.165) is 6.54 Å². The number of nitrogens with zero attached hydrogens (tertiary/aromatic N) is 1. The molecule has 0 amide bonds. The molecule has 0 bridgehead atoms. The molecule has 0 atom stereocenters. The molecule has 0 spiro atoms. The zero-order valence-corrected chi connectivity index (χ0v) is 10.9. The van der Waals surface area contributed by atoms with Gasteiger partial charge in [-0.15, -0.1) is 0 Å². The summed E-state index contributed by atoms with van der Waals surface area (Å²) >= 11 is 0. The van der Waals surface area contributed by atoms with E-state index in [1.54, 1.807) is 24.3 Å². The maximum atomic E-state index is 10.7. The molecule has 4 heteroatoms. The SMILES string of the molecule is O=C(O)c1ccc(OCC=CCN2CCCC2)cc1. The van der Waals surface area contributed by atoms with Crippen molar-refractivity contribution in [3.8, 4) is 5.75 Å². The molecule has 1 saturated heterocycles. The molecule has 1 N–H and O–H groups in total. The third-order valence-electron chi connectivity index (χ3n) is 3.18. The molecule has 1 heterocycles. The molecule has 2 rings (SSSR count). The summed E-state index contributed by atoms with van der Waals surface area (Å²) in [4.78, 5) is 13.1. The maximum absolute atomic E-state index is 10.7. The van der Waals surface area contributed by atoms with Gasteiger partial charge in [-0.05, 0) is 50.2 Å². The van der Waals surface area contributed by atoms with Crippen LogP contribution in [0.4, 0.5) is 0 Å². The van der Waals surface area contributed by atoms with Gasteiger partial charge in [-0.3, -0.25) is 4.90 Å². The molecule has 1 aromatic rings. The van der Waals surface area contributed by atoms with E-state index >= 15 is 0 Å². The highest BCUT2D eigenvalue weighted by molar-refractivity contribution is 5.87. The Kier molecular flexibility index (Phi) is 4.98. The van der Waals surface area contributed by atoms with Gasteiger partial charge in [-0.2, -0.15) is 0 Å². The van der Waals surface area contributed by atoms with E-state index in [0.29, 0.717) is 12.4 Å². The summed E-state index contributed by atoms with van der Waals surface area (Å²) in [6.07, 6.45) is 6.74.